The molecule has 5 aromatic rings. The minimum Gasteiger partial charge on any atom is -0.493 e. The lowest BCUT2D eigenvalue weighted by Crippen LogP contribution is -2.28. The molecule has 6 rings (SSSR count). The van der Waals surface area contributed by atoms with Crippen molar-refractivity contribution in [1.82, 2.24) is 0 Å². The Bertz CT molecular complexity index is 1540. The van der Waals surface area contributed by atoms with E-state index in [2.05, 4.69) is 66.3 Å². The van der Waals surface area contributed by atoms with E-state index in [4.69, 9.17) is 18.9 Å². The van der Waals surface area contributed by atoms with Crippen molar-refractivity contribution >= 4 is 32.4 Å². The van der Waals surface area contributed by atoms with E-state index in [9.17, 15) is 0 Å². The second-order valence-electron chi connectivity index (χ2n) is 8.31. The van der Waals surface area contributed by atoms with Crippen molar-refractivity contribution in [3.63, 3.8) is 0 Å². The third-order valence-electron chi connectivity index (χ3n) is 6.51. The van der Waals surface area contributed by atoms with Crippen LogP contribution in [-0.2, 0) is 13.5 Å². The number of fused-ring (bicyclic) bond motifs is 7. The van der Waals surface area contributed by atoms with Crippen LogP contribution in [0.15, 0.2) is 66.9 Å². The molecule has 0 saturated carbocycles. The van der Waals surface area contributed by atoms with Crippen molar-refractivity contribution in [3.8, 4) is 23.0 Å². The SMILES string of the molecule is COc1cc2c(ccc3c4ccc5c(c4c[n+](C)c23)OCO5)c(Cc2ccccc2)c1OC. The van der Waals surface area contributed by atoms with Crippen LogP contribution < -0.4 is 23.5 Å². The summed E-state index contributed by atoms with van der Waals surface area (Å²) in [6.07, 6.45) is 2.87. The summed E-state index contributed by atoms with van der Waals surface area (Å²) >= 11 is 0. The molecule has 164 valence electrons. The van der Waals surface area contributed by atoms with Gasteiger partial charge in [-0.25, -0.2) is 0 Å². The maximum absolute atomic E-state index is 5.85. The zero-order valence-electron chi connectivity index (χ0n) is 18.8. The summed E-state index contributed by atoms with van der Waals surface area (Å²) in [7, 11) is 5.47. The molecular formula is C28H24NO4+. The van der Waals surface area contributed by atoms with Gasteiger partial charge in [0.1, 0.15) is 7.05 Å². The van der Waals surface area contributed by atoms with Crippen LogP contribution in [0.4, 0.5) is 0 Å². The Morgan fingerprint density at radius 1 is 0.818 bits per heavy atom. The Morgan fingerprint density at radius 2 is 1.61 bits per heavy atom. The molecule has 1 aliphatic heterocycles. The molecule has 5 nitrogen and oxygen atoms in total. The number of aromatic nitrogens is 1. The van der Waals surface area contributed by atoms with Gasteiger partial charge in [0.05, 0.1) is 30.4 Å². The van der Waals surface area contributed by atoms with Gasteiger partial charge in [-0.05, 0) is 35.2 Å². The predicted octanol–water partition coefficient (Wildman–Crippen LogP) is 5.31. The summed E-state index contributed by atoms with van der Waals surface area (Å²) in [6.45, 7) is 0.258. The largest absolute Gasteiger partial charge is 0.493 e. The van der Waals surface area contributed by atoms with Crippen molar-refractivity contribution < 1.29 is 23.5 Å². The fourth-order valence-electron chi connectivity index (χ4n) is 5.05. The van der Waals surface area contributed by atoms with Gasteiger partial charge in [0.2, 0.25) is 12.3 Å². The predicted molar refractivity (Wildman–Crippen MR) is 129 cm³/mol. The maximum atomic E-state index is 5.85. The first-order valence-corrected chi connectivity index (χ1v) is 10.9. The van der Waals surface area contributed by atoms with Gasteiger partial charge in [0.15, 0.2) is 29.2 Å². The molecule has 0 N–H and O–H groups in total. The Kier molecular flexibility index (Phi) is 4.50. The van der Waals surface area contributed by atoms with Crippen molar-refractivity contribution in [1.29, 1.82) is 0 Å². The van der Waals surface area contributed by atoms with Crippen LogP contribution in [0.5, 0.6) is 23.0 Å². The number of hydrogen-bond acceptors (Lipinski definition) is 4. The number of ether oxygens (including phenoxy) is 4. The molecule has 0 unspecified atom stereocenters. The topological polar surface area (TPSA) is 40.8 Å². The minimum absolute atomic E-state index is 0.258. The fraction of sp³-hybridized carbons (Fsp3) is 0.179. The molecule has 0 atom stereocenters. The van der Waals surface area contributed by atoms with E-state index in [-0.39, 0.29) is 6.79 Å². The van der Waals surface area contributed by atoms with Gasteiger partial charge >= 0.3 is 0 Å². The highest BCUT2D eigenvalue weighted by atomic mass is 16.7. The smallest absolute Gasteiger partial charge is 0.231 e. The molecule has 0 spiro atoms. The summed E-state index contributed by atoms with van der Waals surface area (Å²) in [5.74, 6) is 3.11. The molecule has 33 heavy (non-hydrogen) atoms. The van der Waals surface area contributed by atoms with Gasteiger partial charge in [0, 0.05) is 17.4 Å². The van der Waals surface area contributed by atoms with Gasteiger partial charge < -0.3 is 18.9 Å². The zero-order valence-corrected chi connectivity index (χ0v) is 18.8. The summed E-state index contributed by atoms with van der Waals surface area (Å²) in [4.78, 5) is 0. The average molecular weight is 439 g/mol. The van der Waals surface area contributed by atoms with Crippen molar-refractivity contribution in [2.75, 3.05) is 21.0 Å². The van der Waals surface area contributed by atoms with Crippen LogP contribution in [0.25, 0.3) is 32.4 Å². The molecule has 1 aliphatic rings. The van der Waals surface area contributed by atoms with Gasteiger partial charge in [0.25, 0.3) is 0 Å². The number of hydrogen-bond donors (Lipinski definition) is 0. The number of nitrogens with zero attached hydrogens (tertiary/aromatic N) is 1. The van der Waals surface area contributed by atoms with E-state index in [1.807, 2.05) is 12.1 Å². The van der Waals surface area contributed by atoms with Crippen molar-refractivity contribution in [3.05, 3.63) is 78.0 Å². The Hall–Kier alpha value is -3.99. The fourth-order valence-corrected chi connectivity index (χ4v) is 5.05. The molecule has 0 fully saturated rings. The van der Waals surface area contributed by atoms with Gasteiger partial charge in [-0.15, -0.1) is 0 Å². The lowest BCUT2D eigenvalue weighted by atomic mass is 9.93. The van der Waals surface area contributed by atoms with Crippen molar-refractivity contribution in [2.45, 2.75) is 6.42 Å². The minimum atomic E-state index is 0.258. The summed E-state index contributed by atoms with van der Waals surface area (Å²) in [6, 6.07) is 21.0. The molecule has 5 heteroatoms. The number of rotatable bonds is 4. The first kappa shape index (κ1) is 19.7. The van der Waals surface area contributed by atoms with Crippen molar-refractivity contribution in [2.24, 2.45) is 7.05 Å². The summed E-state index contributed by atoms with van der Waals surface area (Å²) in [5, 5.41) is 5.61. The molecule has 1 aromatic heterocycles. The van der Waals surface area contributed by atoms with Crippen LogP contribution in [-0.4, -0.2) is 21.0 Å². The standard InChI is InChI=1S/C28H24NO4/c1-29-15-23-18(11-12-24-28(23)33-16-32-24)20-10-9-19-21(26(20)29)14-25(30-2)27(31-3)22(19)13-17-7-5-4-6-8-17/h4-12,14-15H,13,16H2,1-3H3/q+1. The Labute approximate surface area is 191 Å². The molecule has 4 aromatic carbocycles. The second kappa shape index (κ2) is 7.55. The summed E-state index contributed by atoms with van der Waals surface area (Å²) in [5.41, 5.74) is 3.47. The number of aryl methyl sites for hydroxylation is 1. The van der Waals surface area contributed by atoms with Crippen LogP contribution in [0.3, 0.4) is 0 Å². The first-order valence-electron chi connectivity index (χ1n) is 10.9. The normalized spacial score (nSPS) is 12.6. The van der Waals surface area contributed by atoms with E-state index in [1.165, 1.54) is 5.56 Å². The van der Waals surface area contributed by atoms with E-state index in [0.29, 0.717) is 0 Å². The Balaban J connectivity index is 1.70. The number of benzene rings is 4. The third kappa shape index (κ3) is 2.96. The van der Waals surface area contributed by atoms with Crippen LogP contribution in [0.1, 0.15) is 11.1 Å². The van der Waals surface area contributed by atoms with E-state index >= 15 is 0 Å². The molecule has 2 heterocycles. The maximum Gasteiger partial charge on any atom is 0.231 e. The van der Waals surface area contributed by atoms with E-state index in [1.54, 1.807) is 14.2 Å². The highest BCUT2D eigenvalue weighted by Gasteiger charge is 2.25. The lowest BCUT2D eigenvalue weighted by molar-refractivity contribution is -0.642. The molecular weight excluding hydrogens is 414 g/mol. The lowest BCUT2D eigenvalue weighted by Gasteiger charge is -2.17. The van der Waals surface area contributed by atoms with Crippen LogP contribution in [0.2, 0.25) is 0 Å². The van der Waals surface area contributed by atoms with Crippen LogP contribution >= 0.6 is 0 Å². The van der Waals surface area contributed by atoms with Gasteiger partial charge in [-0.3, -0.25) is 0 Å². The molecule has 0 saturated heterocycles. The number of methoxy groups -OCH3 is 2. The quantitative estimate of drug-likeness (QED) is 0.282. The number of pyridine rings is 1. The Morgan fingerprint density at radius 3 is 2.39 bits per heavy atom. The van der Waals surface area contributed by atoms with Gasteiger partial charge in [-0.1, -0.05) is 36.4 Å². The summed E-state index contributed by atoms with van der Waals surface area (Å²) < 4.78 is 25.2. The van der Waals surface area contributed by atoms with Gasteiger partial charge in [-0.2, -0.15) is 4.57 Å². The monoisotopic (exact) mass is 438 g/mol. The molecule has 0 amide bonds. The van der Waals surface area contributed by atoms with E-state index < -0.39 is 0 Å². The molecule has 0 bridgehead atoms. The highest BCUT2D eigenvalue weighted by Crippen LogP contribution is 2.44. The third-order valence-corrected chi connectivity index (χ3v) is 6.51. The molecule has 0 aliphatic carbocycles. The van der Waals surface area contributed by atoms with E-state index in [0.717, 1.165) is 67.4 Å². The van der Waals surface area contributed by atoms with Crippen LogP contribution in [0, 0.1) is 0 Å². The second-order valence-corrected chi connectivity index (χ2v) is 8.31. The molecule has 0 radical (unpaired) electrons. The first-order chi connectivity index (χ1) is 16.2. The average Bonchev–Trinajstić information content (AvgIpc) is 3.33. The highest BCUT2D eigenvalue weighted by molar-refractivity contribution is 6.16. The zero-order chi connectivity index (χ0) is 22.5.